The number of amides is 1. The number of hydrogen-bond donors (Lipinski definition) is 1. The van der Waals surface area contributed by atoms with Crippen LogP contribution in [0, 0.1) is 5.92 Å². The molecule has 0 saturated carbocycles. The van der Waals surface area contributed by atoms with Crippen molar-refractivity contribution in [2.45, 2.75) is 46.1 Å². The number of aliphatic imine (C=N–C) groups is 1. The molecule has 2 aliphatic heterocycles. The van der Waals surface area contributed by atoms with Gasteiger partial charge < -0.3 is 24.4 Å². The Bertz CT molecular complexity index is 662. The van der Waals surface area contributed by atoms with Gasteiger partial charge in [-0.2, -0.15) is 0 Å². The summed E-state index contributed by atoms with van der Waals surface area (Å²) >= 11 is 0. The summed E-state index contributed by atoms with van der Waals surface area (Å²) in [6.07, 6.45) is 5.44. The highest BCUT2D eigenvalue weighted by molar-refractivity contribution is 5.82. The molecule has 3 rings (SSSR count). The topological polar surface area (TPSA) is 87.9 Å². The van der Waals surface area contributed by atoms with E-state index in [2.05, 4.69) is 38.8 Å². The highest BCUT2D eigenvalue weighted by atomic mass is 16.5. The van der Waals surface area contributed by atoms with Crippen molar-refractivity contribution in [2.24, 2.45) is 10.9 Å². The fraction of sp³-hybridized carbons (Fsp3) is 0.800. The van der Waals surface area contributed by atoms with Crippen LogP contribution in [0.15, 0.2) is 11.3 Å². The molecule has 1 aromatic heterocycles. The number of hydrogen-bond acceptors (Lipinski definition) is 5. The van der Waals surface area contributed by atoms with E-state index >= 15 is 0 Å². The number of carbonyl (C=O) groups is 1. The average Bonchev–Trinajstić information content (AvgIpc) is 3.24. The molecule has 9 nitrogen and oxygen atoms in total. The summed E-state index contributed by atoms with van der Waals surface area (Å²) in [5.74, 6) is 2.38. The van der Waals surface area contributed by atoms with E-state index < -0.39 is 0 Å². The molecular weight excluding hydrogens is 370 g/mol. The Morgan fingerprint density at radius 1 is 1.21 bits per heavy atom. The van der Waals surface area contributed by atoms with Gasteiger partial charge in [0.1, 0.15) is 12.2 Å². The van der Waals surface area contributed by atoms with Crippen molar-refractivity contribution in [3.05, 3.63) is 12.2 Å². The molecule has 0 atom stereocenters. The Kier molecular flexibility index (Phi) is 8.27. The minimum Gasteiger partial charge on any atom is -0.378 e. The maximum Gasteiger partial charge on any atom is 0.225 e. The fourth-order valence-electron chi connectivity index (χ4n) is 3.89. The van der Waals surface area contributed by atoms with Gasteiger partial charge in [-0.3, -0.25) is 9.79 Å². The molecule has 0 bridgehead atoms. The van der Waals surface area contributed by atoms with Gasteiger partial charge in [0.2, 0.25) is 5.91 Å². The maximum atomic E-state index is 12.8. The molecule has 1 amide bonds. The number of rotatable bonds is 7. The zero-order chi connectivity index (χ0) is 20.5. The van der Waals surface area contributed by atoms with Crippen LogP contribution in [-0.2, 0) is 22.5 Å². The van der Waals surface area contributed by atoms with E-state index in [4.69, 9.17) is 9.73 Å². The SMILES string of the molecule is CCCN=C(NCCn1cnnc1CC)N1CCC(C(=O)N2CCOCC2)CC1. The fourth-order valence-corrected chi connectivity index (χ4v) is 3.89. The van der Waals surface area contributed by atoms with E-state index in [9.17, 15) is 4.79 Å². The molecule has 9 heteroatoms. The van der Waals surface area contributed by atoms with Crippen LogP contribution in [0.5, 0.6) is 0 Å². The maximum absolute atomic E-state index is 12.8. The van der Waals surface area contributed by atoms with Gasteiger partial charge in [-0.25, -0.2) is 0 Å². The third-order valence-electron chi connectivity index (χ3n) is 5.60. The minimum atomic E-state index is 0.126. The van der Waals surface area contributed by atoms with Gasteiger partial charge in [-0.15, -0.1) is 10.2 Å². The third-order valence-corrected chi connectivity index (χ3v) is 5.60. The molecule has 2 saturated heterocycles. The highest BCUT2D eigenvalue weighted by Gasteiger charge is 2.30. The van der Waals surface area contributed by atoms with Gasteiger partial charge in [0.15, 0.2) is 5.96 Å². The largest absolute Gasteiger partial charge is 0.378 e. The third kappa shape index (κ3) is 5.91. The molecule has 0 aliphatic carbocycles. The van der Waals surface area contributed by atoms with Crippen molar-refractivity contribution >= 4 is 11.9 Å². The second-order valence-corrected chi connectivity index (χ2v) is 7.63. The van der Waals surface area contributed by atoms with E-state index in [0.29, 0.717) is 19.1 Å². The quantitative estimate of drug-likeness (QED) is 0.532. The summed E-state index contributed by atoms with van der Waals surface area (Å²) in [5, 5.41) is 11.6. The Labute approximate surface area is 173 Å². The van der Waals surface area contributed by atoms with Crippen molar-refractivity contribution in [3.63, 3.8) is 0 Å². The van der Waals surface area contributed by atoms with Gasteiger partial charge in [-0.1, -0.05) is 13.8 Å². The lowest BCUT2D eigenvalue weighted by molar-refractivity contribution is -0.140. The number of aryl methyl sites for hydroxylation is 1. The normalized spacial score (nSPS) is 18.9. The number of guanidine groups is 1. The average molecular weight is 406 g/mol. The Morgan fingerprint density at radius 2 is 1.97 bits per heavy atom. The number of morpholine rings is 1. The van der Waals surface area contributed by atoms with Crippen LogP contribution in [0.1, 0.15) is 38.9 Å². The second-order valence-electron chi connectivity index (χ2n) is 7.63. The van der Waals surface area contributed by atoms with E-state index in [1.54, 1.807) is 6.33 Å². The van der Waals surface area contributed by atoms with Gasteiger partial charge >= 0.3 is 0 Å². The molecule has 0 unspecified atom stereocenters. The number of aromatic nitrogens is 3. The lowest BCUT2D eigenvalue weighted by Crippen LogP contribution is -2.50. The second kappa shape index (κ2) is 11.1. The first kappa shape index (κ1) is 21.5. The molecule has 162 valence electrons. The zero-order valence-electron chi connectivity index (χ0n) is 17.8. The smallest absolute Gasteiger partial charge is 0.225 e. The molecule has 0 aromatic carbocycles. The molecule has 0 radical (unpaired) electrons. The van der Waals surface area contributed by atoms with Crippen molar-refractivity contribution in [3.8, 4) is 0 Å². The van der Waals surface area contributed by atoms with Crippen molar-refractivity contribution in [1.29, 1.82) is 0 Å². The van der Waals surface area contributed by atoms with Gasteiger partial charge in [0, 0.05) is 58.2 Å². The molecule has 2 aliphatic rings. The number of ether oxygens (including phenoxy) is 1. The summed E-state index contributed by atoms with van der Waals surface area (Å²) in [6, 6.07) is 0. The Hall–Kier alpha value is -2.16. The summed E-state index contributed by atoms with van der Waals surface area (Å²) in [7, 11) is 0. The standard InChI is InChI=1S/C20H35N7O2/c1-3-7-21-20(22-8-11-27-16-23-24-18(27)4-2)26-9-5-17(6-10-26)19(28)25-12-14-29-15-13-25/h16-17H,3-15H2,1-2H3,(H,21,22). The number of nitrogens with one attached hydrogen (secondary N) is 1. The van der Waals surface area contributed by atoms with E-state index in [0.717, 1.165) is 83.3 Å². The number of likely N-dealkylation sites (tertiary alicyclic amines) is 1. The van der Waals surface area contributed by atoms with Crippen LogP contribution in [0.25, 0.3) is 0 Å². The lowest BCUT2D eigenvalue weighted by Gasteiger charge is -2.36. The van der Waals surface area contributed by atoms with Crippen molar-refractivity contribution in [1.82, 2.24) is 29.9 Å². The first-order valence-electron chi connectivity index (χ1n) is 11.0. The Morgan fingerprint density at radius 3 is 2.66 bits per heavy atom. The van der Waals surface area contributed by atoms with Crippen LogP contribution in [0.3, 0.4) is 0 Å². The van der Waals surface area contributed by atoms with Gasteiger partial charge in [-0.05, 0) is 19.3 Å². The monoisotopic (exact) mass is 405 g/mol. The van der Waals surface area contributed by atoms with Crippen LogP contribution in [0.2, 0.25) is 0 Å². The van der Waals surface area contributed by atoms with E-state index in [1.807, 2.05) is 4.90 Å². The highest BCUT2D eigenvalue weighted by Crippen LogP contribution is 2.20. The number of nitrogens with zero attached hydrogens (tertiary/aromatic N) is 6. The minimum absolute atomic E-state index is 0.126. The summed E-state index contributed by atoms with van der Waals surface area (Å²) < 4.78 is 7.45. The van der Waals surface area contributed by atoms with Gasteiger partial charge in [0.05, 0.1) is 13.2 Å². The molecular formula is C20H35N7O2. The molecule has 0 spiro atoms. The van der Waals surface area contributed by atoms with E-state index in [1.165, 1.54) is 0 Å². The van der Waals surface area contributed by atoms with Crippen molar-refractivity contribution in [2.75, 3.05) is 52.5 Å². The van der Waals surface area contributed by atoms with Crippen LogP contribution in [0.4, 0.5) is 0 Å². The van der Waals surface area contributed by atoms with Crippen LogP contribution in [-0.4, -0.2) is 88.9 Å². The molecule has 1 aromatic rings. The number of piperidine rings is 1. The zero-order valence-corrected chi connectivity index (χ0v) is 17.8. The summed E-state index contributed by atoms with van der Waals surface area (Å²) in [4.78, 5) is 21.8. The molecule has 1 N–H and O–H groups in total. The molecule has 3 heterocycles. The van der Waals surface area contributed by atoms with Crippen molar-refractivity contribution < 1.29 is 9.53 Å². The first-order chi connectivity index (χ1) is 14.2. The predicted octanol–water partition coefficient (Wildman–Crippen LogP) is 0.767. The Balaban J connectivity index is 1.50. The number of carbonyl (C=O) groups excluding carboxylic acids is 1. The first-order valence-corrected chi connectivity index (χ1v) is 11.0. The predicted molar refractivity (Wildman–Crippen MR) is 112 cm³/mol. The summed E-state index contributed by atoms with van der Waals surface area (Å²) in [5.41, 5.74) is 0. The summed E-state index contributed by atoms with van der Waals surface area (Å²) in [6.45, 7) is 11.1. The molecule has 2 fully saturated rings. The van der Waals surface area contributed by atoms with E-state index in [-0.39, 0.29) is 5.92 Å². The molecule has 29 heavy (non-hydrogen) atoms. The van der Waals surface area contributed by atoms with Crippen LogP contribution >= 0.6 is 0 Å². The van der Waals surface area contributed by atoms with Crippen LogP contribution < -0.4 is 5.32 Å². The lowest BCUT2D eigenvalue weighted by atomic mass is 9.95. The van der Waals surface area contributed by atoms with Gasteiger partial charge in [0.25, 0.3) is 0 Å².